The van der Waals surface area contributed by atoms with Gasteiger partial charge in [-0.1, -0.05) is 83.9 Å². The van der Waals surface area contributed by atoms with E-state index in [-0.39, 0.29) is 18.2 Å². The van der Waals surface area contributed by atoms with E-state index in [4.69, 9.17) is 32.7 Å². The van der Waals surface area contributed by atoms with Gasteiger partial charge in [0, 0.05) is 5.69 Å². The topological polar surface area (TPSA) is 93.7 Å². The van der Waals surface area contributed by atoms with Crippen LogP contribution < -0.4 is 10.6 Å². The summed E-state index contributed by atoms with van der Waals surface area (Å²) in [5.74, 6) is -1.44. The molecule has 1 atom stereocenters. The first-order valence-electron chi connectivity index (χ1n) is 10.3. The van der Waals surface area contributed by atoms with Gasteiger partial charge in [-0.25, -0.2) is 9.59 Å². The number of halogens is 2. The Morgan fingerprint density at radius 1 is 0.765 bits per heavy atom. The van der Waals surface area contributed by atoms with Gasteiger partial charge in [-0.15, -0.1) is 0 Å². The Balaban J connectivity index is 1.62. The number of anilines is 1. The average Bonchev–Trinajstić information content (AvgIpc) is 2.84. The molecule has 0 saturated carbocycles. The summed E-state index contributed by atoms with van der Waals surface area (Å²) in [6.45, 7) is 0.0340. The first-order valence-corrected chi connectivity index (χ1v) is 11.1. The van der Waals surface area contributed by atoms with E-state index in [9.17, 15) is 14.4 Å². The van der Waals surface area contributed by atoms with E-state index in [0.29, 0.717) is 10.7 Å². The lowest BCUT2D eigenvalue weighted by Crippen LogP contribution is -2.45. The lowest BCUT2D eigenvalue weighted by Gasteiger charge is -2.18. The summed E-state index contributed by atoms with van der Waals surface area (Å²) in [7, 11) is 0. The molecule has 9 heteroatoms. The molecule has 34 heavy (non-hydrogen) atoms. The van der Waals surface area contributed by atoms with Gasteiger partial charge in [0.15, 0.2) is 0 Å². The van der Waals surface area contributed by atoms with Crippen LogP contribution in [0.4, 0.5) is 10.5 Å². The second-order valence-electron chi connectivity index (χ2n) is 7.22. The summed E-state index contributed by atoms with van der Waals surface area (Å²) < 4.78 is 10.6. The molecular formula is C25H22Cl2N2O5. The first-order chi connectivity index (χ1) is 16.4. The number of nitrogens with one attached hydrogen (secondary N) is 2. The van der Waals surface area contributed by atoms with Crippen molar-refractivity contribution in [2.75, 3.05) is 5.32 Å². The molecule has 2 N–H and O–H groups in total. The summed E-state index contributed by atoms with van der Waals surface area (Å²) in [5.41, 5.74) is 1.92. The largest absolute Gasteiger partial charge is 0.461 e. The summed E-state index contributed by atoms with van der Waals surface area (Å²) >= 11 is 11.9. The molecule has 0 aliphatic heterocycles. The van der Waals surface area contributed by atoms with E-state index in [2.05, 4.69) is 10.6 Å². The molecule has 0 saturated heterocycles. The van der Waals surface area contributed by atoms with Gasteiger partial charge in [0.2, 0.25) is 0 Å². The van der Waals surface area contributed by atoms with E-state index in [1.165, 1.54) is 12.1 Å². The predicted molar refractivity (Wildman–Crippen MR) is 129 cm³/mol. The molecule has 3 aromatic carbocycles. The number of hydrogen-bond acceptors (Lipinski definition) is 5. The van der Waals surface area contributed by atoms with Crippen LogP contribution >= 0.6 is 23.2 Å². The van der Waals surface area contributed by atoms with E-state index in [1.54, 1.807) is 18.2 Å². The van der Waals surface area contributed by atoms with E-state index in [0.717, 1.165) is 11.1 Å². The van der Waals surface area contributed by atoms with Gasteiger partial charge >= 0.3 is 18.0 Å². The number of urea groups is 1. The van der Waals surface area contributed by atoms with E-state index >= 15 is 0 Å². The first kappa shape index (κ1) is 25.1. The van der Waals surface area contributed by atoms with Crippen molar-refractivity contribution in [3.05, 3.63) is 100 Å². The fraction of sp³-hybridized carbons (Fsp3) is 0.160. The zero-order chi connectivity index (χ0) is 24.3. The molecular weight excluding hydrogens is 479 g/mol. The molecule has 0 radical (unpaired) electrons. The zero-order valence-electron chi connectivity index (χ0n) is 18.0. The lowest BCUT2D eigenvalue weighted by atomic mass is 10.2. The minimum atomic E-state index is -1.27. The number of amides is 2. The fourth-order valence-electron chi connectivity index (χ4n) is 2.89. The number of carbonyl (C=O) groups is 3. The van der Waals surface area contributed by atoms with Crippen molar-refractivity contribution in [2.24, 2.45) is 0 Å². The molecule has 0 aromatic heterocycles. The van der Waals surface area contributed by atoms with Gasteiger partial charge in [0.1, 0.15) is 19.3 Å². The average molecular weight is 501 g/mol. The quantitative estimate of drug-likeness (QED) is 0.385. The van der Waals surface area contributed by atoms with E-state index in [1.807, 2.05) is 48.5 Å². The van der Waals surface area contributed by atoms with Gasteiger partial charge in [0.05, 0.1) is 16.5 Å². The Labute approximate surface area is 207 Å². The van der Waals surface area contributed by atoms with Crippen LogP contribution in [0, 0.1) is 0 Å². The zero-order valence-corrected chi connectivity index (χ0v) is 19.5. The molecule has 0 fully saturated rings. The molecule has 0 aliphatic rings. The van der Waals surface area contributed by atoms with Crippen molar-refractivity contribution < 1.29 is 23.9 Å². The smallest absolute Gasteiger partial charge is 0.329 e. The van der Waals surface area contributed by atoms with Crippen molar-refractivity contribution in [1.82, 2.24) is 5.32 Å². The highest BCUT2D eigenvalue weighted by Crippen LogP contribution is 2.25. The number of ether oxygens (including phenoxy) is 2. The highest BCUT2D eigenvalue weighted by Gasteiger charge is 2.26. The maximum absolute atomic E-state index is 12.7. The van der Waals surface area contributed by atoms with Crippen LogP contribution in [0.1, 0.15) is 17.5 Å². The molecule has 2 amide bonds. The third-order valence-electron chi connectivity index (χ3n) is 4.60. The Hall–Kier alpha value is -3.55. The standard InChI is InChI=1S/C25H22Cl2N2O5/c26-20-12-11-19(13-21(20)27)28-25(32)29-22(24(31)34-16-18-9-5-2-6-10-18)14-23(30)33-15-17-7-3-1-4-8-17/h1-13,22H,14-16H2,(H2,28,29,32)/t22-/m1/s1. The maximum Gasteiger partial charge on any atom is 0.329 e. The third kappa shape index (κ3) is 8.10. The normalized spacial score (nSPS) is 11.2. The molecule has 3 rings (SSSR count). The molecule has 0 bridgehead atoms. The monoisotopic (exact) mass is 500 g/mol. The third-order valence-corrected chi connectivity index (χ3v) is 5.34. The van der Waals surface area contributed by atoms with Crippen LogP contribution in [-0.2, 0) is 32.3 Å². The summed E-state index contributed by atoms with van der Waals surface area (Å²) in [4.78, 5) is 37.6. The molecule has 0 spiro atoms. The molecule has 7 nitrogen and oxygen atoms in total. The van der Waals surface area contributed by atoms with Crippen molar-refractivity contribution >= 4 is 46.9 Å². The highest BCUT2D eigenvalue weighted by molar-refractivity contribution is 6.42. The van der Waals surface area contributed by atoms with Crippen LogP contribution in [0.3, 0.4) is 0 Å². The Kier molecular flexibility index (Phi) is 9.31. The Bertz CT molecular complexity index is 1130. The van der Waals surface area contributed by atoms with Crippen molar-refractivity contribution in [1.29, 1.82) is 0 Å². The summed E-state index contributed by atoms with van der Waals surface area (Å²) in [6, 6.07) is 20.7. The van der Waals surface area contributed by atoms with Gasteiger partial charge in [0.25, 0.3) is 0 Å². The van der Waals surface area contributed by atoms with Crippen LogP contribution in [0.25, 0.3) is 0 Å². The lowest BCUT2D eigenvalue weighted by molar-refractivity contribution is -0.153. The predicted octanol–water partition coefficient (Wildman–Crippen LogP) is 5.36. The van der Waals surface area contributed by atoms with Crippen molar-refractivity contribution in [3.8, 4) is 0 Å². The minimum Gasteiger partial charge on any atom is -0.461 e. The number of esters is 2. The summed E-state index contributed by atoms with van der Waals surface area (Å²) in [5, 5.41) is 5.59. The SMILES string of the molecule is O=C(Nc1ccc(Cl)c(Cl)c1)N[C@H](CC(=O)OCc1ccccc1)C(=O)OCc1ccccc1. The van der Waals surface area contributed by atoms with E-state index < -0.39 is 30.4 Å². The minimum absolute atomic E-state index is 0.00860. The molecule has 0 aliphatic carbocycles. The van der Waals surface area contributed by atoms with Gasteiger partial charge in [-0.2, -0.15) is 0 Å². The van der Waals surface area contributed by atoms with Crippen molar-refractivity contribution in [2.45, 2.75) is 25.7 Å². The number of hydrogen-bond donors (Lipinski definition) is 2. The number of benzene rings is 3. The number of carbonyl (C=O) groups excluding carboxylic acids is 3. The second kappa shape index (κ2) is 12.6. The van der Waals surface area contributed by atoms with Crippen LogP contribution in [-0.4, -0.2) is 24.0 Å². The molecule has 0 heterocycles. The van der Waals surface area contributed by atoms with Crippen LogP contribution in [0.15, 0.2) is 78.9 Å². The Morgan fingerprint density at radius 2 is 1.35 bits per heavy atom. The van der Waals surface area contributed by atoms with Gasteiger partial charge < -0.3 is 20.1 Å². The molecule has 0 unspecified atom stereocenters. The maximum atomic E-state index is 12.7. The van der Waals surface area contributed by atoms with Crippen LogP contribution in [0.5, 0.6) is 0 Å². The van der Waals surface area contributed by atoms with Gasteiger partial charge in [-0.05, 0) is 29.3 Å². The Morgan fingerprint density at radius 3 is 1.94 bits per heavy atom. The molecule has 176 valence electrons. The highest BCUT2D eigenvalue weighted by atomic mass is 35.5. The fourth-order valence-corrected chi connectivity index (χ4v) is 3.18. The number of rotatable bonds is 9. The van der Waals surface area contributed by atoms with Gasteiger partial charge in [-0.3, -0.25) is 4.79 Å². The summed E-state index contributed by atoms with van der Waals surface area (Å²) in [6.07, 6.45) is -0.407. The second-order valence-corrected chi connectivity index (χ2v) is 8.04. The van der Waals surface area contributed by atoms with Crippen molar-refractivity contribution in [3.63, 3.8) is 0 Å². The molecule has 3 aromatic rings. The van der Waals surface area contributed by atoms with Crippen LogP contribution in [0.2, 0.25) is 10.0 Å².